The Balaban J connectivity index is 2.26. The summed E-state index contributed by atoms with van der Waals surface area (Å²) >= 11 is 0. The summed E-state index contributed by atoms with van der Waals surface area (Å²) in [6.07, 6.45) is 0. The lowest BCUT2D eigenvalue weighted by Gasteiger charge is -2.06. The molecule has 94 valence electrons. The van der Waals surface area contributed by atoms with Gasteiger partial charge in [0.05, 0.1) is 11.0 Å². The average Bonchev–Trinajstić information content (AvgIpc) is 2.71. The normalized spacial score (nSPS) is 12.3. The fourth-order valence-electron chi connectivity index (χ4n) is 1.42. The highest BCUT2D eigenvalue weighted by Gasteiger charge is 2.18. The quantitative estimate of drug-likeness (QED) is 0.755. The van der Waals surface area contributed by atoms with Crippen molar-refractivity contribution in [3.8, 4) is 0 Å². The Morgan fingerprint density at radius 3 is 2.89 bits per heavy atom. The molecule has 0 spiro atoms. The van der Waals surface area contributed by atoms with Gasteiger partial charge in [-0.15, -0.1) is 0 Å². The molecule has 0 aliphatic rings. The summed E-state index contributed by atoms with van der Waals surface area (Å²) < 4.78 is 12.9. The zero-order chi connectivity index (χ0) is 13.3. The van der Waals surface area contributed by atoms with Crippen molar-refractivity contribution >= 4 is 22.9 Å². The third kappa shape index (κ3) is 2.29. The molecule has 1 amide bonds. The van der Waals surface area contributed by atoms with Gasteiger partial charge in [0, 0.05) is 0 Å². The van der Waals surface area contributed by atoms with Crippen LogP contribution < -0.4 is 5.32 Å². The first-order chi connectivity index (χ1) is 8.47. The number of halogens is 1. The number of nitrogens with zero attached hydrogens (tertiary/aromatic N) is 1. The van der Waals surface area contributed by atoms with Crippen LogP contribution in [0.4, 0.5) is 4.39 Å². The number of carboxylic acids is 1. The summed E-state index contributed by atoms with van der Waals surface area (Å²) in [4.78, 5) is 28.8. The number of fused-ring (bicyclic) bond motifs is 1. The van der Waals surface area contributed by atoms with E-state index in [1.165, 1.54) is 25.1 Å². The SMILES string of the molecule is C[C@H](NC(=O)c1nc2ccc(F)cc2[nH]1)C(=O)O. The van der Waals surface area contributed by atoms with E-state index in [0.29, 0.717) is 11.0 Å². The van der Waals surface area contributed by atoms with E-state index in [9.17, 15) is 14.0 Å². The Kier molecular flexibility index (Phi) is 2.97. The van der Waals surface area contributed by atoms with Crippen LogP contribution in [0.25, 0.3) is 11.0 Å². The molecule has 1 heterocycles. The van der Waals surface area contributed by atoms with Crippen molar-refractivity contribution in [3.05, 3.63) is 29.8 Å². The second-order valence-corrected chi connectivity index (χ2v) is 3.78. The summed E-state index contributed by atoms with van der Waals surface area (Å²) in [6, 6.07) is 2.84. The third-order valence-electron chi connectivity index (χ3n) is 2.38. The van der Waals surface area contributed by atoms with Gasteiger partial charge >= 0.3 is 5.97 Å². The molecule has 0 unspecified atom stereocenters. The maximum absolute atomic E-state index is 12.9. The van der Waals surface area contributed by atoms with E-state index in [1.807, 2.05) is 0 Å². The number of benzene rings is 1. The van der Waals surface area contributed by atoms with Crippen LogP contribution in [0.1, 0.15) is 17.5 Å². The molecular weight excluding hydrogens is 241 g/mol. The minimum Gasteiger partial charge on any atom is -0.480 e. The monoisotopic (exact) mass is 251 g/mol. The molecule has 0 aliphatic carbocycles. The van der Waals surface area contributed by atoms with Gasteiger partial charge in [0.25, 0.3) is 5.91 Å². The fourth-order valence-corrected chi connectivity index (χ4v) is 1.42. The van der Waals surface area contributed by atoms with Crippen molar-refractivity contribution in [2.45, 2.75) is 13.0 Å². The molecule has 0 aliphatic heterocycles. The highest BCUT2D eigenvalue weighted by Crippen LogP contribution is 2.12. The summed E-state index contributed by atoms with van der Waals surface area (Å²) in [5.74, 6) is -2.30. The van der Waals surface area contributed by atoms with Gasteiger partial charge in [-0.1, -0.05) is 0 Å². The molecule has 6 nitrogen and oxygen atoms in total. The van der Waals surface area contributed by atoms with E-state index in [4.69, 9.17) is 5.11 Å². The number of aliphatic carboxylic acids is 1. The van der Waals surface area contributed by atoms with Gasteiger partial charge in [-0.25, -0.2) is 9.37 Å². The number of H-pyrrole nitrogens is 1. The molecule has 0 fully saturated rings. The number of imidazole rings is 1. The van der Waals surface area contributed by atoms with Crippen LogP contribution >= 0.6 is 0 Å². The lowest BCUT2D eigenvalue weighted by atomic mass is 10.3. The number of amides is 1. The van der Waals surface area contributed by atoms with Crippen LogP contribution in [-0.4, -0.2) is 33.0 Å². The molecule has 0 radical (unpaired) electrons. The molecule has 3 N–H and O–H groups in total. The van der Waals surface area contributed by atoms with Crippen molar-refractivity contribution < 1.29 is 19.1 Å². The average molecular weight is 251 g/mol. The second-order valence-electron chi connectivity index (χ2n) is 3.78. The molecule has 2 aromatic rings. The van der Waals surface area contributed by atoms with Gasteiger partial charge in [-0.3, -0.25) is 9.59 Å². The number of hydrogen-bond acceptors (Lipinski definition) is 3. The molecule has 2 rings (SSSR count). The molecule has 18 heavy (non-hydrogen) atoms. The van der Waals surface area contributed by atoms with E-state index >= 15 is 0 Å². The van der Waals surface area contributed by atoms with Crippen molar-refractivity contribution in [2.24, 2.45) is 0 Å². The largest absolute Gasteiger partial charge is 0.480 e. The van der Waals surface area contributed by atoms with Crippen LogP contribution in [0.3, 0.4) is 0 Å². The van der Waals surface area contributed by atoms with E-state index in [1.54, 1.807) is 0 Å². The number of aromatic nitrogens is 2. The van der Waals surface area contributed by atoms with Crippen molar-refractivity contribution in [3.63, 3.8) is 0 Å². The van der Waals surface area contributed by atoms with Crippen molar-refractivity contribution in [2.75, 3.05) is 0 Å². The maximum Gasteiger partial charge on any atom is 0.325 e. The first-order valence-corrected chi connectivity index (χ1v) is 5.16. The molecule has 0 bridgehead atoms. The highest BCUT2D eigenvalue weighted by molar-refractivity contribution is 5.96. The molecule has 0 saturated carbocycles. The van der Waals surface area contributed by atoms with E-state index in [2.05, 4.69) is 15.3 Å². The van der Waals surface area contributed by atoms with E-state index in [-0.39, 0.29) is 5.82 Å². The van der Waals surface area contributed by atoms with Gasteiger partial charge in [-0.2, -0.15) is 0 Å². The standard InChI is InChI=1S/C11H10FN3O3/c1-5(11(17)18)13-10(16)9-14-7-3-2-6(12)4-8(7)15-9/h2-5H,1H3,(H,13,16)(H,14,15)(H,17,18)/t5-/m0/s1. The van der Waals surface area contributed by atoms with E-state index in [0.717, 1.165) is 0 Å². The van der Waals surface area contributed by atoms with Gasteiger partial charge in [-0.05, 0) is 25.1 Å². The zero-order valence-electron chi connectivity index (χ0n) is 9.40. The van der Waals surface area contributed by atoms with Crippen LogP contribution in [0.15, 0.2) is 18.2 Å². The number of aromatic amines is 1. The molecule has 7 heteroatoms. The van der Waals surface area contributed by atoms with Gasteiger partial charge < -0.3 is 15.4 Å². The molecular formula is C11H10FN3O3. The molecule has 1 aromatic heterocycles. The second kappa shape index (κ2) is 4.44. The molecule has 1 atom stereocenters. The number of carbonyl (C=O) groups is 2. The van der Waals surface area contributed by atoms with Gasteiger partial charge in [0.2, 0.25) is 0 Å². The van der Waals surface area contributed by atoms with Crippen LogP contribution in [-0.2, 0) is 4.79 Å². The summed E-state index contributed by atoms with van der Waals surface area (Å²) in [7, 11) is 0. The first kappa shape index (κ1) is 12.0. The smallest absolute Gasteiger partial charge is 0.325 e. The van der Waals surface area contributed by atoms with Crippen molar-refractivity contribution in [1.29, 1.82) is 0 Å². The number of rotatable bonds is 3. The first-order valence-electron chi connectivity index (χ1n) is 5.16. The Morgan fingerprint density at radius 2 is 2.22 bits per heavy atom. The Hall–Kier alpha value is -2.44. The molecule has 1 aromatic carbocycles. The summed E-state index contributed by atoms with van der Waals surface area (Å²) in [6.45, 7) is 1.34. The number of hydrogen-bond donors (Lipinski definition) is 3. The Bertz CT molecular complexity index is 623. The Morgan fingerprint density at radius 1 is 1.50 bits per heavy atom. The lowest BCUT2D eigenvalue weighted by Crippen LogP contribution is -2.38. The molecule has 0 saturated heterocycles. The van der Waals surface area contributed by atoms with Crippen LogP contribution in [0, 0.1) is 5.82 Å². The van der Waals surface area contributed by atoms with Gasteiger partial charge in [0.1, 0.15) is 11.9 Å². The van der Waals surface area contributed by atoms with Gasteiger partial charge in [0.15, 0.2) is 5.82 Å². The number of nitrogens with one attached hydrogen (secondary N) is 2. The third-order valence-corrected chi connectivity index (χ3v) is 2.38. The minimum atomic E-state index is -1.15. The zero-order valence-corrected chi connectivity index (χ0v) is 9.40. The van der Waals surface area contributed by atoms with Crippen LogP contribution in [0.5, 0.6) is 0 Å². The van der Waals surface area contributed by atoms with Crippen LogP contribution in [0.2, 0.25) is 0 Å². The highest BCUT2D eigenvalue weighted by atomic mass is 19.1. The number of carbonyl (C=O) groups excluding carboxylic acids is 1. The predicted molar refractivity (Wildman–Crippen MR) is 60.6 cm³/mol. The predicted octanol–water partition coefficient (Wildman–Crippen LogP) is 0.905. The van der Waals surface area contributed by atoms with Crippen molar-refractivity contribution in [1.82, 2.24) is 15.3 Å². The minimum absolute atomic E-state index is 0.0521. The number of carboxylic acid groups (broad SMARTS) is 1. The summed E-state index contributed by atoms with van der Waals surface area (Å²) in [5.41, 5.74) is 0.813. The Labute approximate surface area is 101 Å². The maximum atomic E-state index is 12.9. The fraction of sp³-hybridized carbons (Fsp3) is 0.182. The van der Waals surface area contributed by atoms with E-state index < -0.39 is 23.7 Å². The lowest BCUT2D eigenvalue weighted by molar-refractivity contribution is -0.138. The topological polar surface area (TPSA) is 95.1 Å². The summed E-state index contributed by atoms with van der Waals surface area (Å²) in [5, 5.41) is 10.9.